The van der Waals surface area contributed by atoms with Crippen molar-refractivity contribution >= 4 is 23.3 Å². The second-order valence-electron chi connectivity index (χ2n) is 12.5. The second kappa shape index (κ2) is 25.7. The van der Waals surface area contributed by atoms with Gasteiger partial charge in [-0.2, -0.15) is 0 Å². The van der Waals surface area contributed by atoms with Crippen LogP contribution in [-0.4, -0.2) is 11.9 Å². The minimum Gasteiger partial charge on any atom is -0.255 e. The van der Waals surface area contributed by atoms with Crippen LogP contribution in [-0.2, 0) is 46.1 Å². The van der Waals surface area contributed by atoms with E-state index in [4.69, 9.17) is 9.98 Å². The Kier molecular flexibility index (Phi) is 23.6. The van der Waals surface area contributed by atoms with Gasteiger partial charge in [-0.25, -0.2) is 0 Å². The molecule has 43 heavy (non-hydrogen) atoms. The minimum absolute atomic E-state index is 0. The van der Waals surface area contributed by atoms with Crippen molar-refractivity contribution in [1.29, 1.82) is 0 Å². The topological polar surface area (TPSA) is 24.7 Å². The number of hydrogen-bond acceptors (Lipinski definition) is 2. The molecule has 0 atom stereocenters. The van der Waals surface area contributed by atoms with Crippen LogP contribution in [0.4, 0.5) is 11.4 Å². The van der Waals surface area contributed by atoms with Crippen LogP contribution in [0.1, 0.15) is 166 Å². The SMILES string of the molecule is CCCCCCC(/C=N/c1cc(CCCCC)cc(CCCCC)c1)=N\c1cc(CCCCC)cc(CCCCC)c1.[Pd]. The molecule has 0 bridgehead atoms. The van der Waals surface area contributed by atoms with Crippen LogP contribution in [0, 0.1) is 0 Å². The van der Waals surface area contributed by atoms with Gasteiger partial charge in [0.15, 0.2) is 0 Å². The van der Waals surface area contributed by atoms with Gasteiger partial charge in [0.1, 0.15) is 0 Å². The molecular formula is C40H64N2Pd. The van der Waals surface area contributed by atoms with E-state index in [1.165, 1.54) is 125 Å². The zero-order chi connectivity index (χ0) is 30.3. The van der Waals surface area contributed by atoms with Crippen molar-refractivity contribution in [2.45, 2.75) is 169 Å². The maximum atomic E-state index is 5.28. The van der Waals surface area contributed by atoms with Gasteiger partial charge in [0, 0.05) is 26.6 Å². The summed E-state index contributed by atoms with van der Waals surface area (Å²) in [6.45, 7) is 11.4. The molecule has 0 radical (unpaired) electrons. The molecule has 2 rings (SSSR count). The van der Waals surface area contributed by atoms with Gasteiger partial charge in [-0.05, 0) is 111 Å². The second-order valence-corrected chi connectivity index (χ2v) is 12.5. The number of aryl methyl sites for hydroxylation is 4. The summed E-state index contributed by atoms with van der Waals surface area (Å²) in [7, 11) is 0. The molecule has 244 valence electrons. The first-order valence-electron chi connectivity index (χ1n) is 18.0. The molecule has 0 heterocycles. The summed E-state index contributed by atoms with van der Waals surface area (Å²) in [6.07, 6.45) is 28.0. The predicted molar refractivity (Wildman–Crippen MR) is 190 cm³/mol. The fourth-order valence-electron chi connectivity index (χ4n) is 5.72. The van der Waals surface area contributed by atoms with Crippen LogP contribution in [0.15, 0.2) is 46.4 Å². The molecule has 0 saturated carbocycles. The Labute approximate surface area is 280 Å². The van der Waals surface area contributed by atoms with E-state index in [2.05, 4.69) is 77.2 Å². The van der Waals surface area contributed by atoms with E-state index in [-0.39, 0.29) is 20.4 Å². The third-order valence-corrected chi connectivity index (χ3v) is 8.27. The van der Waals surface area contributed by atoms with E-state index in [9.17, 15) is 0 Å². The molecule has 0 aliphatic carbocycles. The fraction of sp³-hybridized carbons (Fsp3) is 0.650. The molecule has 0 fully saturated rings. The number of nitrogens with zero attached hydrogens (tertiary/aromatic N) is 2. The third-order valence-electron chi connectivity index (χ3n) is 8.27. The molecule has 0 aliphatic heterocycles. The van der Waals surface area contributed by atoms with Gasteiger partial charge in [-0.1, -0.05) is 117 Å². The molecule has 0 aliphatic rings. The Hall–Kier alpha value is -1.56. The van der Waals surface area contributed by atoms with E-state index in [1.807, 2.05) is 0 Å². The number of unbranched alkanes of at least 4 members (excludes halogenated alkanes) is 11. The third kappa shape index (κ3) is 18.1. The summed E-state index contributed by atoms with van der Waals surface area (Å²) in [5.74, 6) is 0. The Morgan fingerprint density at radius 1 is 0.465 bits per heavy atom. The van der Waals surface area contributed by atoms with Gasteiger partial charge in [-0.15, -0.1) is 0 Å². The largest absolute Gasteiger partial charge is 0.255 e. The average Bonchev–Trinajstić information content (AvgIpc) is 2.98. The standard InChI is InChI=1S/C40H64N2.Pd/c1-6-11-16-21-26-38(42-40-31-36(24-19-14-9-4)28-37(32-40)25-20-15-10-5)33-41-39-29-34(22-17-12-7-2)27-35(30-39)23-18-13-8-3;/h27-33H,6-26H2,1-5H3;/b41-33+,42-38+;. The van der Waals surface area contributed by atoms with E-state index in [0.29, 0.717) is 0 Å². The Morgan fingerprint density at radius 3 is 1.23 bits per heavy atom. The molecule has 2 nitrogen and oxygen atoms in total. The molecular weight excluding hydrogens is 615 g/mol. The molecule has 2 aromatic rings. The number of aliphatic imine (C=N–C) groups is 2. The number of benzene rings is 2. The van der Waals surface area contributed by atoms with E-state index >= 15 is 0 Å². The Balaban J connectivity index is 0.00000924. The zero-order valence-electron chi connectivity index (χ0n) is 28.6. The summed E-state index contributed by atoms with van der Waals surface area (Å²) in [4.78, 5) is 10.4. The van der Waals surface area contributed by atoms with E-state index < -0.39 is 0 Å². The molecule has 0 saturated heterocycles. The van der Waals surface area contributed by atoms with Gasteiger partial charge in [-0.3, -0.25) is 9.98 Å². The van der Waals surface area contributed by atoms with E-state index in [1.54, 1.807) is 0 Å². The van der Waals surface area contributed by atoms with Crippen molar-refractivity contribution < 1.29 is 20.4 Å². The molecule has 0 amide bonds. The van der Waals surface area contributed by atoms with Gasteiger partial charge in [0.2, 0.25) is 0 Å². The maximum absolute atomic E-state index is 5.28. The van der Waals surface area contributed by atoms with Crippen molar-refractivity contribution in [3.05, 3.63) is 58.7 Å². The van der Waals surface area contributed by atoms with Gasteiger partial charge >= 0.3 is 0 Å². The van der Waals surface area contributed by atoms with Crippen molar-refractivity contribution in [2.24, 2.45) is 9.98 Å². The van der Waals surface area contributed by atoms with Gasteiger partial charge in [0.25, 0.3) is 0 Å². The smallest absolute Gasteiger partial charge is 0.0639 e. The first-order valence-corrected chi connectivity index (χ1v) is 18.0. The Bertz CT molecular complexity index is 982. The quantitative estimate of drug-likeness (QED) is 0.0600. The van der Waals surface area contributed by atoms with Crippen LogP contribution < -0.4 is 0 Å². The van der Waals surface area contributed by atoms with E-state index in [0.717, 1.165) is 49.2 Å². The summed E-state index contributed by atoms with van der Waals surface area (Å²) in [6, 6.07) is 14.2. The van der Waals surface area contributed by atoms with Crippen molar-refractivity contribution in [1.82, 2.24) is 0 Å². The summed E-state index contributed by atoms with van der Waals surface area (Å²) in [5, 5.41) is 0. The van der Waals surface area contributed by atoms with Crippen LogP contribution >= 0.6 is 0 Å². The van der Waals surface area contributed by atoms with Crippen molar-refractivity contribution in [2.75, 3.05) is 0 Å². The van der Waals surface area contributed by atoms with Crippen LogP contribution in [0.5, 0.6) is 0 Å². The van der Waals surface area contributed by atoms with Crippen molar-refractivity contribution in [3.63, 3.8) is 0 Å². The van der Waals surface area contributed by atoms with Crippen molar-refractivity contribution in [3.8, 4) is 0 Å². The minimum atomic E-state index is 0. The monoisotopic (exact) mass is 678 g/mol. The average molecular weight is 679 g/mol. The van der Waals surface area contributed by atoms with Gasteiger partial charge < -0.3 is 0 Å². The molecule has 0 unspecified atom stereocenters. The summed E-state index contributed by atoms with van der Waals surface area (Å²) in [5.41, 5.74) is 9.15. The molecule has 0 N–H and O–H groups in total. The van der Waals surface area contributed by atoms with Crippen LogP contribution in [0.3, 0.4) is 0 Å². The molecule has 3 heteroatoms. The maximum Gasteiger partial charge on any atom is 0.0639 e. The fourth-order valence-corrected chi connectivity index (χ4v) is 5.72. The number of rotatable bonds is 24. The predicted octanol–water partition coefficient (Wildman–Crippen LogP) is 13.1. The first-order chi connectivity index (χ1) is 20.6. The zero-order valence-corrected chi connectivity index (χ0v) is 30.2. The summed E-state index contributed by atoms with van der Waals surface area (Å²) >= 11 is 0. The normalized spacial score (nSPS) is 11.8. The number of hydrogen-bond donors (Lipinski definition) is 0. The molecule has 2 aromatic carbocycles. The Morgan fingerprint density at radius 2 is 0.837 bits per heavy atom. The van der Waals surface area contributed by atoms with Crippen LogP contribution in [0.2, 0.25) is 0 Å². The van der Waals surface area contributed by atoms with Gasteiger partial charge in [0.05, 0.1) is 17.1 Å². The van der Waals surface area contributed by atoms with Crippen LogP contribution in [0.25, 0.3) is 0 Å². The molecule has 0 spiro atoms. The molecule has 0 aromatic heterocycles. The first kappa shape index (κ1) is 39.5. The summed E-state index contributed by atoms with van der Waals surface area (Å²) < 4.78 is 0.